The normalized spacial score (nSPS) is 13.2. The average Bonchev–Trinajstić information content (AvgIpc) is 2.50. The topological polar surface area (TPSA) is 41.8 Å². The first-order valence-electron chi connectivity index (χ1n) is 5.60. The van der Waals surface area contributed by atoms with E-state index in [2.05, 4.69) is 18.0 Å². The Morgan fingerprint density at radius 2 is 2.19 bits per heavy atom. The molecule has 1 heterocycles. The Balaban J connectivity index is 2.40. The number of aromatic amines is 1. The van der Waals surface area contributed by atoms with Gasteiger partial charge >= 0.3 is 0 Å². The summed E-state index contributed by atoms with van der Waals surface area (Å²) in [7, 11) is 0. The Hall–Kier alpha value is -0.990. The highest BCUT2D eigenvalue weighted by Crippen LogP contribution is 2.26. The molecule has 3 N–H and O–H groups in total. The van der Waals surface area contributed by atoms with Crippen molar-refractivity contribution in [1.29, 1.82) is 0 Å². The molecule has 2 aromatic rings. The van der Waals surface area contributed by atoms with E-state index in [1.54, 1.807) is 0 Å². The van der Waals surface area contributed by atoms with Crippen LogP contribution in [0.2, 0.25) is 5.02 Å². The van der Waals surface area contributed by atoms with E-state index < -0.39 is 0 Å². The Bertz CT molecular complexity index is 500. The number of H-pyrrole nitrogens is 1. The number of aryl methyl sites for hydroxylation is 2. The van der Waals surface area contributed by atoms with Crippen molar-refractivity contribution >= 4 is 22.5 Å². The summed E-state index contributed by atoms with van der Waals surface area (Å²) >= 11 is 5.97. The van der Waals surface area contributed by atoms with Crippen LogP contribution in [0.15, 0.2) is 18.2 Å². The van der Waals surface area contributed by atoms with Gasteiger partial charge in [-0.3, -0.25) is 0 Å². The first-order valence-corrected chi connectivity index (χ1v) is 5.98. The third kappa shape index (κ3) is 2.23. The second kappa shape index (κ2) is 4.48. The number of nitrogens with one attached hydrogen (secondary N) is 1. The number of halogens is 1. The molecule has 0 saturated heterocycles. The van der Waals surface area contributed by atoms with Crippen LogP contribution >= 0.6 is 11.6 Å². The summed E-state index contributed by atoms with van der Waals surface area (Å²) in [5.41, 5.74) is 9.50. The summed E-state index contributed by atoms with van der Waals surface area (Å²) in [6, 6.07) is 6.24. The van der Waals surface area contributed by atoms with Gasteiger partial charge in [0, 0.05) is 27.7 Å². The molecule has 0 bridgehead atoms. The highest BCUT2D eigenvalue weighted by atomic mass is 35.5. The maximum atomic E-state index is 5.97. The van der Waals surface area contributed by atoms with Gasteiger partial charge in [-0.1, -0.05) is 17.7 Å². The molecule has 16 heavy (non-hydrogen) atoms. The molecule has 1 unspecified atom stereocenters. The van der Waals surface area contributed by atoms with Crippen molar-refractivity contribution in [3.05, 3.63) is 34.5 Å². The number of nitrogens with two attached hydrogens (primary N) is 1. The van der Waals surface area contributed by atoms with Crippen LogP contribution in [-0.4, -0.2) is 11.0 Å². The second-order valence-corrected chi connectivity index (χ2v) is 4.87. The summed E-state index contributed by atoms with van der Waals surface area (Å²) in [6.07, 6.45) is 2.03. The second-order valence-electron chi connectivity index (χ2n) is 4.43. The predicted octanol–water partition coefficient (Wildman–Crippen LogP) is 3.41. The van der Waals surface area contributed by atoms with Crippen LogP contribution in [0.1, 0.15) is 24.6 Å². The highest BCUT2D eigenvalue weighted by molar-refractivity contribution is 6.31. The predicted molar refractivity (Wildman–Crippen MR) is 70.0 cm³/mol. The molecule has 0 aliphatic carbocycles. The SMILES string of the molecule is Cc1[nH]c2cc(Cl)ccc2c1CCC(C)N. The molecule has 2 nitrogen and oxygen atoms in total. The van der Waals surface area contributed by atoms with E-state index in [9.17, 15) is 0 Å². The van der Waals surface area contributed by atoms with Gasteiger partial charge in [-0.25, -0.2) is 0 Å². The van der Waals surface area contributed by atoms with Crippen LogP contribution in [0.5, 0.6) is 0 Å². The van der Waals surface area contributed by atoms with Gasteiger partial charge in [0.1, 0.15) is 0 Å². The van der Waals surface area contributed by atoms with Crippen molar-refractivity contribution < 1.29 is 0 Å². The van der Waals surface area contributed by atoms with E-state index in [0.29, 0.717) is 0 Å². The molecule has 0 aliphatic heterocycles. The largest absolute Gasteiger partial charge is 0.358 e. The van der Waals surface area contributed by atoms with Crippen LogP contribution in [0, 0.1) is 6.92 Å². The van der Waals surface area contributed by atoms with Crippen molar-refractivity contribution in [3.8, 4) is 0 Å². The van der Waals surface area contributed by atoms with Crippen molar-refractivity contribution in [3.63, 3.8) is 0 Å². The van der Waals surface area contributed by atoms with Crippen molar-refractivity contribution in [1.82, 2.24) is 4.98 Å². The van der Waals surface area contributed by atoms with Crippen LogP contribution < -0.4 is 5.73 Å². The fraction of sp³-hybridized carbons (Fsp3) is 0.385. The lowest BCUT2D eigenvalue weighted by molar-refractivity contribution is 0.666. The van der Waals surface area contributed by atoms with E-state index in [1.165, 1.54) is 16.6 Å². The van der Waals surface area contributed by atoms with Crippen LogP contribution in [0.25, 0.3) is 10.9 Å². The smallest absolute Gasteiger partial charge is 0.0473 e. The third-order valence-electron chi connectivity index (χ3n) is 2.93. The molecule has 1 aromatic carbocycles. The minimum atomic E-state index is 0.247. The summed E-state index contributed by atoms with van der Waals surface area (Å²) in [6.45, 7) is 4.14. The number of hydrogen-bond donors (Lipinski definition) is 2. The zero-order valence-electron chi connectivity index (χ0n) is 9.68. The van der Waals surface area contributed by atoms with Gasteiger partial charge in [-0.15, -0.1) is 0 Å². The Morgan fingerprint density at radius 1 is 1.44 bits per heavy atom. The van der Waals surface area contributed by atoms with Crippen molar-refractivity contribution in [2.75, 3.05) is 0 Å². The molecule has 1 atom stereocenters. The van der Waals surface area contributed by atoms with Gasteiger partial charge in [0.15, 0.2) is 0 Å². The maximum absolute atomic E-state index is 5.97. The molecule has 0 spiro atoms. The quantitative estimate of drug-likeness (QED) is 0.843. The molecule has 1 aromatic heterocycles. The first-order chi connectivity index (χ1) is 7.58. The molecule has 0 aliphatic rings. The zero-order chi connectivity index (χ0) is 11.7. The number of rotatable bonds is 3. The third-order valence-corrected chi connectivity index (χ3v) is 3.17. The Morgan fingerprint density at radius 3 is 2.88 bits per heavy atom. The summed E-state index contributed by atoms with van der Waals surface area (Å²) in [4.78, 5) is 3.37. The van der Waals surface area contributed by atoms with E-state index in [4.69, 9.17) is 17.3 Å². The lowest BCUT2D eigenvalue weighted by Gasteiger charge is -2.05. The molecule has 3 heteroatoms. The minimum absolute atomic E-state index is 0.247. The van der Waals surface area contributed by atoms with E-state index in [-0.39, 0.29) is 6.04 Å². The van der Waals surface area contributed by atoms with Crippen molar-refractivity contribution in [2.45, 2.75) is 32.7 Å². The number of aromatic nitrogens is 1. The summed E-state index contributed by atoms with van der Waals surface area (Å²) in [5, 5.41) is 2.04. The Kier molecular flexibility index (Phi) is 3.22. The van der Waals surface area contributed by atoms with Gasteiger partial charge in [0.2, 0.25) is 0 Å². The van der Waals surface area contributed by atoms with Crippen LogP contribution in [0.4, 0.5) is 0 Å². The van der Waals surface area contributed by atoms with Gasteiger partial charge < -0.3 is 10.7 Å². The van der Waals surface area contributed by atoms with Crippen molar-refractivity contribution in [2.24, 2.45) is 5.73 Å². The van der Waals surface area contributed by atoms with Crippen LogP contribution in [-0.2, 0) is 6.42 Å². The van der Waals surface area contributed by atoms with Gasteiger partial charge in [0.25, 0.3) is 0 Å². The maximum Gasteiger partial charge on any atom is 0.0473 e. The number of benzene rings is 1. The molecular formula is C13H17ClN2. The lowest BCUT2D eigenvalue weighted by atomic mass is 10.0. The average molecular weight is 237 g/mol. The van der Waals surface area contributed by atoms with Gasteiger partial charge in [-0.05, 0) is 44.4 Å². The number of hydrogen-bond acceptors (Lipinski definition) is 1. The lowest BCUT2D eigenvalue weighted by Crippen LogP contribution is -2.15. The Labute approximate surface area is 101 Å². The molecule has 0 fully saturated rings. The molecule has 2 rings (SSSR count). The minimum Gasteiger partial charge on any atom is -0.358 e. The van der Waals surface area contributed by atoms with E-state index in [1.807, 2.05) is 19.1 Å². The molecular weight excluding hydrogens is 220 g/mol. The van der Waals surface area contributed by atoms with E-state index >= 15 is 0 Å². The fourth-order valence-corrected chi connectivity index (χ4v) is 2.23. The summed E-state index contributed by atoms with van der Waals surface area (Å²) in [5.74, 6) is 0. The molecule has 0 amide bonds. The fourth-order valence-electron chi connectivity index (χ4n) is 2.06. The van der Waals surface area contributed by atoms with Gasteiger partial charge in [-0.2, -0.15) is 0 Å². The first kappa shape index (κ1) is 11.5. The molecule has 0 saturated carbocycles. The standard InChI is InChI=1S/C13H17ClN2/c1-8(15)3-5-11-9(2)16-13-7-10(14)4-6-12(11)13/h4,6-8,16H,3,5,15H2,1-2H3. The van der Waals surface area contributed by atoms with Crippen LogP contribution in [0.3, 0.4) is 0 Å². The zero-order valence-corrected chi connectivity index (χ0v) is 10.4. The molecule has 86 valence electrons. The summed E-state index contributed by atoms with van der Waals surface area (Å²) < 4.78 is 0. The monoisotopic (exact) mass is 236 g/mol. The highest BCUT2D eigenvalue weighted by Gasteiger charge is 2.09. The van der Waals surface area contributed by atoms with E-state index in [0.717, 1.165) is 23.4 Å². The molecule has 0 radical (unpaired) electrons. The van der Waals surface area contributed by atoms with Gasteiger partial charge in [0.05, 0.1) is 0 Å². The number of fused-ring (bicyclic) bond motifs is 1.